The van der Waals surface area contributed by atoms with Crippen LogP contribution in [0.5, 0.6) is 0 Å². The van der Waals surface area contributed by atoms with Crippen LogP contribution in [0.1, 0.15) is 15.9 Å². The Bertz CT molecular complexity index is 367. The average molecular weight is 211 g/mol. The minimum absolute atomic E-state index is 0.00358. The lowest BCUT2D eigenvalue weighted by atomic mass is 10.1. The van der Waals surface area contributed by atoms with E-state index in [1.807, 2.05) is 0 Å². The van der Waals surface area contributed by atoms with E-state index in [9.17, 15) is 14.1 Å². The van der Waals surface area contributed by atoms with Crippen LogP contribution in [0.2, 0.25) is 0 Å². The van der Waals surface area contributed by atoms with Crippen molar-refractivity contribution in [3.05, 3.63) is 35.4 Å². The molecule has 0 fully saturated rings. The number of esters is 1. The fourth-order valence-corrected chi connectivity index (χ4v) is 1.13. The molecule has 1 aromatic rings. The van der Waals surface area contributed by atoms with E-state index in [1.165, 1.54) is 13.2 Å². The number of carbonyl (C=O) groups is 2. The molecule has 1 rings (SSSR count). The number of nitrogens with zero attached hydrogens (tertiary/aromatic N) is 1. The third-order valence-electron chi connectivity index (χ3n) is 1.80. The van der Waals surface area contributed by atoms with Crippen molar-refractivity contribution in [2.45, 2.75) is 6.54 Å². The minimum Gasteiger partial charge on any atom is -0.465 e. The normalized spacial score (nSPS) is 9.47. The number of methoxy groups -OCH3 is 1. The maximum atomic E-state index is 12.6. The molecule has 0 saturated carbocycles. The van der Waals surface area contributed by atoms with Crippen molar-refractivity contribution in [3.8, 4) is 0 Å². The molecular weight excluding hydrogens is 201 g/mol. The molecule has 0 radical (unpaired) electrons. The van der Waals surface area contributed by atoms with Crippen LogP contribution in [0, 0.1) is 0 Å². The number of amides is 1. The van der Waals surface area contributed by atoms with E-state index in [1.54, 1.807) is 18.2 Å². The van der Waals surface area contributed by atoms with E-state index in [0.29, 0.717) is 11.1 Å². The standard InChI is InChI=1S/C10H10FNO3/c1-15-10(14)9-4-2-3-8(5-9)6-12(11)7-13/h2-5,7H,6H2,1H3. The van der Waals surface area contributed by atoms with Gasteiger partial charge in [-0.15, -0.1) is 0 Å². The smallest absolute Gasteiger partial charge is 0.337 e. The van der Waals surface area contributed by atoms with Crippen molar-refractivity contribution in [1.29, 1.82) is 0 Å². The molecule has 1 amide bonds. The van der Waals surface area contributed by atoms with E-state index in [2.05, 4.69) is 4.74 Å². The molecule has 0 saturated heterocycles. The maximum absolute atomic E-state index is 12.6. The Morgan fingerprint density at radius 2 is 2.33 bits per heavy atom. The Balaban J connectivity index is 2.83. The minimum atomic E-state index is -0.492. The monoisotopic (exact) mass is 211 g/mol. The van der Waals surface area contributed by atoms with Crippen LogP contribution in [0.4, 0.5) is 4.48 Å². The molecular formula is C10H10FNO3. The molecule has 0 aliphatic carbocycles. The van der Waals surface area contributed by atoms with Crippen molar-refractivity contribution in [2.75, 3.05) is 7.11 Å². The molecule has 1 aromatic carbocycles. The van der Waals surface area contributed by atoms with Crippen molar-refractivity contribution >= 4 is 12.4 Å². The van der Waals surface area contributed by atoms with Gasteiger partial charge in [0.15, 0.2) is 0 Å². The van der Waals surface area contributed by atoms with Crippen LogP contribution in [0.3, 0.4) is 0 Å². The third-order valence-corrected chi connectivity index (χ3v) is 1.80. The summed E-state index contributed by atoms with van der Waals surface area (Å²) in [6, 6.07) is 6.24. The SMILES string of the molecule is COC(=O)c1cccc(CN(F)C=O)c1. The molecule has 0 spiro atoms. The zero-order valence-electron chi connectivity index (χ0n) is 8.14. The van der Waals surface area contributed by atoms with Gasteiger partial charge in [-0.1, -0.05) is 16.6 Å². The molecule has 0 aromatic heterocycles. The molecule has 0 atom stereocenters. The summed E-state index contributed by atoms with van der Waals surface area (Å²) >= 11 is 0. The van der Waals surface area contributed by atoms with Gasteiger partial charge in [-0.25, -0.2) is 4.79 Å². The van der Waals surface area contributed by atoms with Crippen LogP contribution in [0.25, 0.3) is 0 Å². The summed E-state index contributed by atoms with van der Waals surface area (Å²) in [5.74, 6) is -0.492. The molecule has 4 nitrogen and oxygen atoms in total. The highest BCUT2D eigenvalue weighted by molar-refractivity contribution is 5.89. The second-order valence-corrected chi connectivity index (χ2v) is 2.86. The Morgan fingerprint density at radius 1 is 1.60 bits per heavy atom. The summed E-state index contributed by atoms with van der Waals surface area (Å²) in [7, 11) is 1.27. The topological polar surface area (TPSA) is 46.6 Å². The van der Waals surface area contributed by atoms with Crippen molar-refractivity contribution in [3.63, 3.8) is 0 Å². The summed E-state index contributed by atoms with van der Waals surface area (Å²) in [6.07, 6.45) is 0.0742. The molecule has 15 heavy (non-hydrogen) atoms. The lowest BCUT2D eigenvalue weighted by Crippen LogP contribution is -2.10. The van der Waals surface area contributed by atoms with Crippen LogP contribution < -0.4 is 0 Å². The number of benzene rings is 1. The van der Waals surface area contributed by atoms with E-state index < -0.39 is 5.97 Å². The fraction of sp³-hybridized carbons (Fsp3) is 0.200. The summed E-state index contributed by atoms with van der Waals surface area (Å²) < 4.78 is 17.1. The first-order chi connectivity index (χ1) is 7.17. The lowest BCUT2D eigenvalue weighted by Gasteiger charge is -2.06. The largest absolute Gasteiger partial charge is 0.465 e. The Morgan fingerprint density at radius 3 is 2.93 bits per heavy atom. The molecule has 0 aliphatic rings. The summed E-state index contributed by atoms with van der Waals surface area (Å²) in [5, 5.41) is -0.00358. The van der Waals surface area contributed by atoms with Gasteiger partial charge < -0.3 is 4.74 Å². The first-order valence-corrected chi connectivity index (χ1v) is 4.22. The highest BCUT2D eigenvalue weighted by Crippen LogP contribution is 2.08. The molecule has 0 aliphatic heterocycles. The van der Waals surface area contributed by atoms with Gasteiger partial charge in [-0.3, -0.25) is 4.79 Å². The van der Waals surface area contributed by atoms with Gasteiger partial charge in [-0.2, -0.15) is 5.12 Å². The second-order valence-electron chi connectivity index (χ2n) is 2.86. The average Bonchev–Trinajstić information content (AvgIpc) is 2.28. The first-order valence-electron chi connectivity index (χ1n) is 4.22. The molecule has 80 valence electrons. The summed E-state index contributed by atoms with van der Waals surface area (Å²) in [5.41, 5.74) is 0.849. The second kappa shape index (κ2) is 5.09. The third kappa shape index (κ3) is 3.05. The van der Waals surface area contributed by atoms with Crippen molar-refractivity contribution in [2.24, 2.45) is 0 Å². The highest BCUT2D eigenvalue weighted by Gasteiger charge is 2.07. The predicted octanol–water partition coefficient (Wildman–Crippen LogP) is 1.32. The number of rotatable bonds is 4. The van der Waals surface area contributed by atoms with Gasteiger partial charge >= 0.3 is 5.97 Å². The maximum Gasteiger partial charge on any atom is 0.337 e. The molecule has 5 heteroatoms. The summed E-state index contributed by atoms with van der Waals surface area (Å²) in [4.78, 5) is 21.2. The summed E-state index contributed by atoms with van der Waals surface area (Å²) in [6.45, 7) is -0.186. The molecule has 0 unspecified atom stereocenters. The zero-order valence-corrected chi connectivity index (χ0v) is 8.14. The fourth-order valence-electron chi connectivity index (χ4n) is 1.13. The lowest BCUT2D eigenvalue weighted by molar-refractivity contribution is -0.132. The van der Waals surface area contributed by atoms with Crippen molar-refractivity contribution < 1.29 is 18.8 Å². The molecule has 0 N–H and O–H groups in total. The number of carbonyl (C=O) groups excluding carboxylic acids is 2. The number of halogens is 1. The highest BCUT2D eigenvalue weighted by atomic mass is 19.2. The molecule has 0 bridgehead atoms. The van der Waals surface area contributed by atoms with Gasteiger partial charge in [0.25, 0.3) is 0 Å². The van der Waals surface area contributed by atoms with Gasteiger partial charge in [-0.05, 0) is 17.7 Å². The van der Waals surface area contributed by atoms with E-state index >= 15 is 0 Å². The zero-order chi connectivity index (χ0) is 11.3. The molecule has 0 heterocycles. The van der Waals surface area contributed by atoms with Gasteiger partial charge in [0.05, 0.1) is 19.2 Å². The van der Waals surface area contributed by atoms with Crippen LogP contribution in [-0.4, -0.2) is 24.6 Å². The predicted molar refractivity (Wildman–Crippen MR) is 50.5 cm³/mol. The van der Waals surface area contributed by atoms with Gasteiger partial charge in [0.1, 0.15) is 0 Å². The number of ether oxygens (including phenoxy) is 1. The van der Waals surface area contributed by atoms with Crippen LogP contribution in [0.15, 0.2) is 24.3 Å². The number of hydrogen-bond donors (Lipinski definition) is 0. The Labute approximate surface area is 86.2 Å². The van der Waals surface area contributed by atoms with E-state index in [0.717, 1.165) is 0 Å². The Kier molecular flexibility index (Phi) is 3.79. The van der Waals surface area contributed by atoms with Crippen LogP contribution >= 0.6 is 0 Å². The van der Waals surface area contributed by atoms with Crippen molar-refractivity contribution in [1.82, 2.24) is 5.12 Å². The first kappa shape index (κ1) is 11.2. The van der Waals surface area contributed by atoms with Gasteiger partial charge in [0.2, 0.25) is 6.41 Å². The van der Waals surface area contributed by atoms with E-state index in [-0.39, 0.29) is 18.1 Å². The quantitative estimate of drug-likeness (QED) is 0.428. The van der Waals surface area contributed by atoms with Crippen LogP contribution in [-0.2, 0) is 16.1 Å². The van der Waals surface area contributed by atoms with Gasteiger partial charge in [0, 0.05) is 0 Å². The Hall–Kier alpha value is -1.91. The van der Waals surface area contributed by atoms with E-state index in [4.69, 9.17) is 0 Å². The number of hydrogen-bond acceptors (Lipinski definition) is 3.